The molecule has 1 aromatic rings. The predicted molar refractivity (Wildman–Crippen MR) is 71.8 cm³/mol. The molecule has 1 saturated carbocycles. The Kier molecular flexibility index (Phi) is 2.86. The number of aromatic amines is 1. The molecule has 0 amide bonds. The van der Waals surface area contributed by atoms with E-state index in [0.29, 0.717) is 11.6 Å². The first-order chi connectivity index (χ1) is 9.37. The molecular formula is C14H22N4O. The van der Waals surface area contributed by atoms with Gasteiger partial charge in [-0.1, -0.05) is 0 Å². The lowest BCUT2D eigenvalue weighted by atomic mass is 9.93. The van der Waals surface area contributed by atoms with E-state index in [9.17, 15) is 0 Å². The SMILES string of the molecule is C1CC2NCCC2(NCc2n[nH]c3c2COCC3)C1. The maximum absolute atomic E-state index is 5.55. The summed E-state index contributed by atoms with van der Waals surface area (Å²) in [5, 5.41) is 15.1. The molecule has 1 saturated heterocycles. The van der Waals surface area contributed by atoms with Crippen molar-refractivity contribution in [1.29, 1.82) is 0 Å². The minimum Gasteiger partial charge on any atom is -0.376 e. The van der Waals surface area contributed by atoms with Gasteiger partial charge in [0.05, 0.1) is 18.9 Å². The molecular weight excluding hydrogens is 240 g/mol. The van der Waals surface area contributed by atoms with Gasteiger partial charge in [-0.15, -0.1) is 0 Å². The Bertz CT molecular complexity index is 460. The second kappa shape index (κ2) is 4.58. The molecule has 3 heterocycles. The lowest BCUT2D eigenvalue weighted by Gasteiger charge is -2.30. The number of H-pyrrole nitrogens is 1. The monoisotopic (exact) mass is 262 g/mol. The van der Waals surface area contributed by atoms with Crippen LogP contribution >= 0.6 is 0 Å². The minimum absolute atomic E-state index is 0.321. The van der Waals surface area contributed by atoms with Crippen LogP contribution in [0.3, 0.4) is 0 Å². The van der Waals surface area contributed by atoms with Crippen molar-refractivity contribution in [2.45, 2.75) is 56.8 Å². The van der Waals surface area contributed by atoms with Crippen LogP contribution in [0.25, 0.3) is 0 Å². The summed E-state index contributed by atoms with van der Waals surface area (Å²) < 4.78 is 5.55. The van der Waals surface area contributed by atoms with Crippen LogP contribution in [0.1, 0.15) is 42.6 Å². The Labute approximate surface area is 113 Å². The van der Waals surface area contributed by atoms with Crippen molar-refractivity contribution in [3.63, 3.8) is 0 Å². The molecule has 2 unspecified atom stereocenters. The Morgan fingerprint density at radius 3 is 3.42 bits per heavy atom. The van der Waals surface area contributed by atoms with Crippen molar-refractivity contribution in [1.82, 2.24) is 20.8 Å². The summed E-state index contributed by atoms with van der Waals surface area (Å²) in [7, 11) is 0. The summed E-state index contributed by atoms with van der Waals surface area (Å²) in [6, 6.07) is 0.665. The van der Waals surface area contributed by atoms with Crippen LogP contribution < -0.4 is 10.6 Å². The molecule has 1 aliphatic carbocycles. The van der Waals surface area contributed by atoms with E-state index in [4.69, 9.17) is 4.74 Å². The zero-order valence-corrected chi connectivity index (χ0v) is 11.3. The zero-order chi connectivity index (χ0) is 12.7. The van der Waals surface area contributed by atoms with Crippen molar-refractivity contribution < 1.29 is 4.74 Å². The van der Waals surface area contributed by atoms with Crippen molar-refractivity contribution in [3.8, 4) is 0 Å². The molecule has 3 N–H and O–H groups in total. The molecule has 5 heteroatoms. The van der Waals surface area contributed by atoms with Gasteiger partial charge in [-0.25, -0.2) is 0 Å². The Hall–Kier alpha value is -0.910. The summed E-state index contributed by atoms with van der Waals surface area (Å²) in [4.78, 5) is 0. The van der Waals surface area contributed by atoms with Crippen LogP contribution in [0.4, 0.5) is 0 Å². The molecule has 0 radical (unpaired) electrons. The molecule has 2 aliphatic heterocycles. The van der Waals surface area contributed by atoms with Gasteiger partial charge < -0.3 is 15.4 Å². The van der Waals surface area contributed by atoms with E-state index in [1.807, 2.05) is 0 Å². The lowest BCUT2D eigenvalue weighted by molar-refractivity contribution is 0.109. The maximum Gasteiger partial charge on any atom is 0.0818 e. The molecule has 19 heavy (non-hydrogen) atoms. The summed E-state index contributed by atoms with van der Waals surface area (Å²) >= 11 is 0. The van der Waals surface area contributed by atoms with Gasteiger partial charge in [-0.3, -0.25) is 5.10 Å². The fraction of sp³-hybridized carbons (Fsp3) is 0.786. The second-order valence-corrected chi connectivity index (χ2v) is 6.09. The summed E-state index contributed by atoms with van der Waals surface area (Å²) in [6.45, 7) is 3.56. The molecule has 3 aliphatic rings. The zero-order valence-electron chi connectivity index (χ0n) is 11.3. The van der Waals surface area contributed by atoms with Gasteiger partial charge in [0.15, 0.2) is 0 Å². The maximum atomic E-state index is 5.55. The van der Waals surface area contributed by atoms with Gasteiger partial charge in [-0.05, 0) is 32.2 Å². The molecule has 2 atom stereocenters. The predicted octanol–water partition coefficient (Wildman–Crippen LogP) is 0.857. The van der Waals surface area contributed by atoms with Crippen LogP contribution in [0.5, 0.6) is 0 Å². The largest absolute Gasteiger partial charge is 0.376 e. The topological polar surface area (TPSA) is 62.0 Å². The average Bonchev–Trinajstić information content (AvgIpc) is 3.09. The second-order valence-electron chi connectivity index (χ2n) is 6.09. The Morgan fingerprint density at radius 2 is 2.42 bits per heavy atom. The Balaban J connectivity index is 1.49. The quantitative estimate of drug-likeness (QED) is 0.756. The van der Waals surface area contributed by atoms with E-state index in [2.05, 4.69) is 20.8 Å². The fourth-order valence-corrected chi connectivity index (χ4v) is 4.01. The molecule has 0 bridgehead atoms. The Morgan fingerprint density at radius 1 is 1.42 bits per heavy atom. The van der Waals surface area contributed by atoms with Crippen LogP contribution in [-0.2, 0) is 24.3 Å². The van der Waals surface area contributed by atoms with Crippen molar-refractivity contribution >= 4 is 0 Å². The number of aromatic nitrogens is 2. The molecule has 0 spiro atoms. The molecule has 0 aromatic carbocycles. The van der Waals surface area contributed by atoms with E-state index in [0.717, 1.165) is 38.4 Å². The van der Waals surface area contributed by atoms with Gasteiger partial charge >= 0.3 is 0 Å². The molecule has 4 rings (SSSR count). The number of rotatable bonds is 3. The highest BCUT2D eigenvalue weighted by atomic mass is 16.5. The summed E-state index contributed by atoms with van der Waals surface area (Å²) in [5.74, 6) is 0. The van der Waals surface area contributed by atoms with Crippen LogP contribution in [0.2, 0.25) is 0 Å². The van der Waals surface area contributed by atoms with Crippen molar-refractivity contribution in [3.05, 3.63) is 17.0 Å². The first-order valence-corrected chi connectivity index (χ1v) is 7.49. The van der Waals surface area contributed by atoms with E-state index < -0.39 is 0 Å². The van der Waals surface area contributed by atoms with Gasteiger partial charge in [0.2, 0.25) is 0 Å². The summed E-state index contributed by atoms with van der Waals surface area (Å²) in [5.41, 5.74) is 4.03. The molecule has 2 fully saturated rings. The smallest absolute Gasteiger partial charge is 0.0818 e. The number of fused-ring (bicyclic) bond motifs is 2. The highest BCUT2D eigenvalue weighted by Crippen LogP contribution is 2.36. The highest BCUT2D eigenvalue weighted by molar-refractivity contribution is 5.26. The van der Waals surface area contributed by atoms with Crippen molar-refractivity contribution in [2.75, 3.05) is 13.2 Å². The third-order valence-corrected chi connectivity index (χ3v) is 5.13. The van der Waals surface area contributed by atoms with Gasteiger partial charge in [0.25, 0.3) is 0 Å². The van der Waals surface area contributed by atoms with Gasteiger partial charge in [0.1, 0.15) is 0 Å². The van der Waals surface area contributed by atoms with Gasteiger partial charge in [0, 0.05) is 35.8 Å². The fourth-order valence-electron chi connectivity index (χ4n) is 4.01. The average molecular weight is 262 g/mol. The van der Waals surface area contributed by atoms with Crippen LogP contribution in [-0.4, -0.2) is 34.9 Å². The summed E-state index contributed by atoms with van der Waals surface area (Å²) in [6.07, 6.45) is 6.17. The first kappa shape index (κ1) is 11.9. The van der Waals surface area contributed by atoms with Gasteiger partial charge in [-0.2, -0.15) is 5.10 Å². The molecule has 5 nitrogen and oxygen atoms in total. The van der Waals surface area contributed by atoms with E-state index in [1.165, 1.54) is 36.9 Å². The van der Waals surface area contributed by atoms with E-state index >= 15 is 0 Å². The number of nitrogens with zero attached hydrogens (tertiary/aromatic N) is 1. The van der Waals surface area contributed by atoms with E-state index in [1.54, 1.807) is 0 Å². The number of nitrogens with one attached hydrogen (secondary N) is 3. The normalized spacial score (nSPS) is 33.4. The highest BCUT2D eigenvalue weighted by Gasteiger charge is 2.45. The number of ether oxygens (including phenoxy) is 1. The first-order valence-electron chi connectivity index (χ1n) is 7.49. The standard InChI is InChI=1S/C14H22N4O/c1-2-13-14(4-1,5-6-15-13)16-8-12-10-9-19-7-3-11(10)17-18-12/h13,15-16H,1-9H2,(H,17,18). The number of hydrogen-bond acceptors (Lipinski definition) is 4. The number of hydrogen-bond donors (Lipinski definition) is 3. The van der Waals surface area contributed by atoms with E-state index in [-0.39, 0.29) is 0 Å². The van der Waals surface area contributed by atoms with Crippen LogP contribution in [0, 0.1) is 0 Å². The minimum atomic E-state index is 0.321. The lowest BCUT2D eigenvalue weighted by Crippen LogP contribution is -2.50. The third kappa shape index (κ3) is 1.91. The van der Waals surface area contributed by atoms with Crippen LogP contribution in [0.15, 0.2) is 0 Å². The molecule has 1 aromatic heterocycles. The molecule has 104 valence electrons. The van der Waals surface area contributed by atoms with Crippen molar-refractivity contribution in [2.24, 2.45) is 0 Å². The third-order valence-electron chi connectivity index (χ3n) is 5.13.